The summed E-state index contributed by atoms with van der Waals surface area (Å²) in [5.74, 6) is -1.80. The van der Waals surface area contributed by atoms with Crippen molar-refractivity contribution < 1.29 is 19.4 Å². The van der Waals surface area contributed by atoms with Crippen molar-refractivity contribution in [2.24, 2.45) is 0 Å². The molecule has 0 spiro atoms. The van der Waals surface area contributed by atoms with Gasteiger partial charge >= 0.3 is 5.97 Å². The van der Waals surface area contributed by atoms with Gasteiger partial charge in [0.1, 0.15) is 10.8 Å². The van der Waals surface area contributed by atoms with Gasteiger partial charge < -0.3 is 15.2 Å². The van der Waals surface area contributed by atoms with E-state index in [0.717, 1.165) is 10.8 Å². The second kappa shape index (κ2) is 6.51. The van der Waals surface area contributed by atoms with E-state index < -0.39 is 17.9 Å². The zero-order valence-corrected chi connectivity index (χ0v) is 11.9. The van der Waals surface area contributed by atoms with Gasteiger partial charge in [-0.2, -0.15) is 0 Å². The second-order valence-corrected chi connectivity index (χ2v) is 4.70. The van der Waals surface area contributed by atoms with Gasteiger partial charge in [-0.05, 0) is 11.5 Å². The Morgan fingerprint density at radius 1 is 1.43 bits per heavy atom. The Balaban J connectivity index is 2.29. The van der Waals surface area contributed by atoms with Crippen molar-refractivity contribution >= 4 is 34.2 Å². The number of aliphatic carboxylic acids is 1. The maximum Gasteiger partial charge on any atom is 0.328 e. The minimum Gasteiger partial charge on any atom is -0.480 e. The minimum absolute atomic E-state index is 0.0565. The molecule has 0 aliphatic heterocycles. The number of pyridine rings is 1. The molecule has 110 valence electrons. The number of nitrogens with zero attached hydrogens (tertiary/aromatic N) is 1. The number of benzene rings is 1. The Morgan fingerprint density at radius 3 is 2.81 bits per heavy atom. The summed E-state index contributed by atoms with van der Waals surface area (Å²) in [6, 6.07) is 7.62. The molecule has 1 aromatic heterocycles. The number of methoxy groups -OCH3 is 1. The predicted octanol–water partition coefficient (Wildman–Crippen LogP) is 1.72. The number of rotatable bonds is 5. The Morgan fingerprint density at radius 2 is 2.14 bits per heavy atom. The van der Waals surface area contributed by atoms with Crippen LogP contribution in [0.15, 0.2) is 30.3 Å². The Labute approximate surface area is 125 Å². The maximum atomic E-state index is 12.1. The monoisotopic (exact) mass is 308 g/mol. The molecule has 0 saturated carbocycles. The van der Waals surface area contributed by atoms with Gasteiger partial charge in [0.05, 0.1) is 6.61 Å². The third kappa shape index (κ3) is 3.48. The molecule has 0 saturated heterocycles. The van der Waals surface area contributed by atoms with Gasteiger partial charge in [0.15, 0.2) is 6.04 Å². The molecule has 2 aromatic rings. The van der Waals surface area contributed by atoms with Crippen LogP contribution in [0.4, 0.5) is 0 Å². The molecule has 1 aromatic carbocycles. The highest BCUT2D eigenvalue weighted by Crippen LogP contribution is 2.22. The highest BCUT2D eigenvalue weighted by Gasteiger charge is 2.21. The number of carboxylic acids is 1. The van der Waals surface area contributed by atoms with E-state index in [2.05, 4.69) is 10.3 Å². The normalized spacial score (nSPS) is 12.1. The van der Waals surface area contributed by atoms with E-state index in [1.54, 1.807) is 18.2 Å². The first-order valence-electron chi connectivity index (χ1n) is 6.11. The van der Waals surface area contributed by atoms with Gasteiger partial charge in [0.25, 0.3) is 5.91 Å². The number of nitrogens with one attached hydrogen (secondary N) is 1. The summed E-state index contributed by atoms with van der Waals surface area (Å²) in [4.78, 5) is 27.1. The third-order valence-electron chi connectivity index (χ3n) is 2.86. The summed E-state index contributed by atoms with van der Waals surface area (Å²) in [5.41, 5.74) is 0.0565. The number of aromatic nitrogens is 1. The average molecular weight is 309 g/mol. The lowest BCUT2D eigenvalue weighted by atomic mass is 10.1. The van der Waals surface area contributed by atoms with E-state index in [1.807, 2.05) is 12.1 Å². The zero-order valence-electron chi connectivity index (χ0n) is 11.2. The van der Waals surface area contributed by atoms with E-state index in [9.17, 15) is 9.59 Å². The highest BCUT2D eigenvalue weighted by atomic mass is 35.5. The van der Waals surface area contributed by atoms with Crippen LogP contribution in [-0.4, -0.2) is 41.7 Å². The highest BCUT2D eigenvalue weighted by molar-refractivity contribution is 6.34. The fourth-order valence-corrected chi connectivity index (χ4v) is 2.11. The predicted molar refractivity (Wildman–Crippen MR) is 77.5 cm³/mol. The van der Waals surface area contributed by atoms with Crippen LogP contribution in [-0.2, 0) is 9.53 Å². The molecule has 1 heterocycles. The maximum absolute atomic E-state index is 12.1. The number of carbonyl (C=O) groups is 2. The second-order valence-electron chi connectivity index (χ2n) is 4.34. The van der Waals surface area contributed by atoms with Crippen molar-refractivity contribution in [3.8, 4) is 0 Å². The summed E-state index contributed by atoms with van der Waals surface area (Å²) < 4.78 is 4.75. The van der Waals surface area contributed by atoms with Crippen LogP contribution in [0, 0.1) is 0 Å². The molecular formula is C14H13ClN2O4. The smallest absolute Gasteiger partial charge is 0.328 e. The lowest BCUT2D eigenvalue weighted by Crippen LogP contribution is -2.44. The fourth-order valence-electron chi connectivity index (χ4n) is 1.85. The minimum atomic E-state index is -1.18. The van der Waals surface area contributed by atoms with E-state index in [-0.39, 0.29) is 17.5 Å². The third-order valence-corrected chi connectivity index (χ3v) is 3.15. The first-order chi connectivity index (χ1) is 10.0. The largest absolute Gasteiger partial charge is 0.480 e. The number of amides is 1. The van der Waals surface area contributed by atoms with Crippen LogP contribution in [0.3, 0.4) is 0 Å². The zero-order chi connectivity index (χ0) is 15.4. The van der Waals surface area contributed by atoms with Gasteiger partial charge in [-0.3, -0.25) is 4.79 Å². The van der Waals surface area contributed by atoms with Crippen molar-refractivity contribution in [1.82, 2.24) is 10.3 Å². The summed E-state index contributed by atoms with van der Waals surface area (Å²) >= 11 is 6.03. The summed E-state index contributed by atoms with van der Waals surface area (Å²) in [5, 5.41) is 13.0. The summed E-state index contributed by atoms with van der Waals surface area (Å²) in [6.45, 7) is -0.137. The number of carbonyl (C=O) groups excluding carboxylic acids is 1. The van der Waals surface area contributed by atoms with E-state index in [1.165, 1.54) is 7.11 Å². The molecule has 2 N–H and O–H groups in total. The lowest BCUT2D eigenvalue weighted by molar-refractivity contribution is -0.140. The number of fused-ring (bicyclic) bond motifs is 1. The van der Waals surface area contributed by atoms with Crippen LogP contribution in [0.2, 0.25) is 5.15 Å². The molecule has 1 atom stereocenters. The number of halogens is 1. The van der Waals surface area contributed by atoms with Crippen LogP contribution in [0.5, 0.6) is 0 Å². The number of hydrogen-bond acceptors (Lipinski definition) is 4. The molecule has 7 heteroatoms. The molecule has 21 heavy (non-hydrogen) atoms. The SMILES string of the molecule is COCC(NC(=O)c1cc2ccccc2c(Cl)n1)C(=O)O. The van der Waals surface area contributed by atoms with Crippen molar-refractivity contribution in [2.75, 3.05) is 13.7 Å². The lowest BCUT2D eigenvalue weighted by Gasteiger charge is -2.13. The fraction of sp³-hybridized carbons (Fsp3) is 0.214. The Kier molecular flexibility index (Phi) is 4.72. The number of ether oxygens (including phenoxy) is 1. The van der Waals surface area contributed by atoms with Gasteiger partial charge in [-0.25, -0.2) is 9.78 Å². The van der Waals surface area contributed by atoms with E-state index in [4.69, 9.17) is 21.4 Å². The Bertz CT molecular complexity index is 690. The summed E-state index contributed by atoms with van der Waals surface area (Å²) in [6.07, 6.45) is 0. The molecule has 0 bridgehead atoms. The standard InChI is InChI=1S/C14H13ClN2O4/c1-21-7-11(14(19)20)17-13(18)10-6-8-4-2-3-5-9(8)12(15)16-10/h2-6,11H,7H2,1H3,(H,17,18)(H,19,20). The number of carboxylic acid groups (broad SMARTS) is 1. The quantitative estimate of drug-likeness (QED) is 0.821. The van der Waals surface area contributed by atoms with Gasteiger partial charge in [-0.15, -0.1) is 0 Å². The van der Waals surface area contributed by atoms with Crippen molar-refractivity contribution in [3.05, 3.63) is 41.2 Å². The summed E-state index contributed by atoms with van der Waals surface area (Å²) in [7, 11) is 1.35. The van der Waals surface area contributed by atoms with Crippen molar-refractivity contribution in [3.63, 3.8) is 0 Å². The van der Waals surface area contributed by atoms with Gasteiger partial charge in [0.2, 0.25) is 0 Å². The molecule has 1 unspecified atom stereocenters. The molecule has 0 aliphatic rings. The van der Waals surface area contributed by atoms with E-state index >= 15 is 0 Å². The topological polar surface area (TPSA) is 88.5 Å². The first kappa shape index (κ1) is 15.2. The Hall–Kier alpha value is -2.18. The molecule has 2 rings (SSSR count). The van der Waals surface area contributed by atoms with Crippen molar-refractivity contribution in [1.29, 1.82) is 0 Å². The molecule has 0 aliphatic carbocycles. The van der Waals surface area contributed by atoms with Gasteiger partial charge in [0, 0.05) is 12.5 Å². The molecule has 0 fully saturated rings. The van der Waals surface area contributed by atoms with Crippen LogP contribution in [0.1, 0.15) is 10.5 Å². The van der Waals surface area contributed by atoms with Gasteiger partial charge in [-0.1, -0.05) is 35.9 Å². The first-order valence-corrected chi connectivity index (χ1v) is 6.48. The molecule has 1 amide bonds. The molecule has 6 nitrogen and oxygen atoms in total. The molecule has 0 radical (unpaired) electrons. The van der Waals surface area contributed by atoms with Crippen LogP contribution < -0.4 is 5.32 Å². The number of hydrogen-bond donors (Lipinski definition) is 2. The van der Waals surface area contributed by atoms with Crippen molar-refractivity contribution in [2.45, 2.75) is 6.04 Å². The van der Waals surface area contributed by atoms with Crippen LogP contribution >= 0.6 is 11.6 Å². The van der Waals surface area contributed by atoms with Crippen LogP contribution in [0.25, 0.3) is 10.8 Å². The van der Waals surface area contributed by atoms with E-state index in [0.29, 0.717) is 0 Å². The molecular weight excluding hydrogens is 296 g/mol. The average Bonchev–Trinajstić information content (AvgIpc) is 2.46.